The van der Waals surface area contributed by atoms with E-state index in [0.717, 1.165) is 25.7 Å². The van der Waals surface area contributed by atoms with Gasteiger partial charge in [0, 0.05) is 37.2 Å². The predicted molar refractivity (Wildman–Crippen MR) is 79.0 cm³/mol. The molecule has 1 N–H and O–H groups in total. The summed E-state index contributed by atoms with van der Waals surface area (Å²) in [7, 11) is 0. The van der Waals surface area contributed by atoms with Gasteiger partial charge in [0.2, 0.25) is 0 Å². The number of rotatable bonds is 2. The molecule has 1 atom stereocenters. The summed E-state index contributed by atoms with van der Waals surface area (Å²) in [5.41, 5.74) is 4.69. The molecule has 1 saturated heterocycles. The van der Waals surface area contributed by atoms with Gasteiger partial charge in [-0.2, -0.15) is 11.8 Å². The molecule has 0 aliphatic carbocycles. The first-order chi connectivity index (χ1) is 8.84. The van der Waals surface area contributed by atoms with Crippen molar-refractivity contribution in [1.29, 1.82) is 0 Å². The van der Waals surface area contributed by atoms with E-state index < -0.39 is 0 Å². The second-order valence-corrected chi connectivity index (χ2v) is 6.53. The van der Waals surface area contributed by atoms with Crippen molar-refractivity contribution in [3.05, 3.63) is 34.9 Å². The summed E-state index contributed by atoms with van der Waals surface area (Å²) in [5.74, 6) is 2.58. The van der Waals surface area contributed by atoms with Crippen molar-refractivity contribution in [2.45, 2.75) is 32.5 Å². The zero-order valence-corrected chi connectivity index (χ0v) is 11.9. The van der Waals surface area contributed by atoms with Crippen LogP contribution in [0.3, 0.4) is 0 Å². The van der Waals surface area contributed by atoms with Gasteiger partial charge in [-0.25, -0.2) is 0 Å². The second kappa shape index (κ2) is 5.64. The van der Waals surface area contributed by atoms with Crippen LogP contribution in [0, 0.1) is 0 Å². The molecule has 0 saturated carbocycles. The lowest BCUT2D eigenvalue weighted by Crippen LogP contribution is -2.40. The van der Waals surface area contributed by atoms with Crippen molar-refractivity contribution in [1.82, 2.24) is 10.2 Å². The minimum Gasteiger partial charge on any atom is -0.312 e. The fourth-order valence-electron chi connectivity index (χ4n) is 2.97. The van der Waals surface area contributed by atoms with Crippen molar-refractivity contribution in [3.8, 4) is 0 Å². The molecule has 2 nitrogen and oxygen atoms in total. The molecule has 0 radical (unpaired) electrons. The van der Waals surface area contributed by atoms with Crippen molar-refractivity contribution in [2.75, 3.05) is 24.6 Å². The van der Waals surface area contributed by atoms with Gasteiger partial charge in [0.25, 0.3) is 0 Å². The molecule has 0 bridgehead atoms. The summed E-state index contributed by atoms with van der Waals surface area (Å²) in [6, 6.07) is 7.56. The Morgan fingerprint density at radius 2 is 2.39 bits per heavy atom. The van der Waals surface area contributed by atoms with Crippen LogP contribution < -0.4 is 5.32 Å². The average Bonchev–Trinajstić information content (AvgIpc) is 2.42. The molecule has 0 aromatic heterocycles. The van der Waals surface area contributed by atoms with E-state index in [1.54, 1.807) is 11.1 Å². The van der Waals surface area contributed by atoms with Gasteiger partial charge in [0.15, 0.2) is 0 Å². The topological polar surface area (TPSA) is 15.3 Å². The van der Waals surface area contributed by atoms with Gasteiger partial charge in [0.1, 0.15) is 0 Å². The molecule has 18 heavy (non-hydrogen) atoms. The Balaban J connectivity index is 1.79. The molecule has 0 amide bonds. The highest BCUT2D eigenvalue weighted by atomic mass is 32.2. The number of nitrogens with zero attached hydrogens (tertiary/aromatic N) is 1. The van der Waals surface area contributed by atoms with E-state index in [0.29, 0.717) is 0 Å². The maximum atomic E-state index is 3.46. The van der Waals surface area contributed by atoms with Crippen LogP contribution in [0.1, 0.15) is 23.6 Å². The summed E-state index contributed by atoms with van der Waals surface area (Å²) in [6.45, 7) is 6.94. The maximum absolute atomic E-state index is 3.46. The summed E-state index contributed by atoms with van der Waals surface area (Å²) >= 11 is 2.09. The van der Waals surface area contributed by atoms with E-state index in [4.69, 9.17) is 0 Å². The molecule has 3 rings (SSSR count). The fourth-order valence-corrected chi connectivity index (χ4v) is 4.06. The average molecular weight is 262 g/mol. The van der Waals surface area contributed by atoms with Gasteiger partial charge in [-0.1, -0.05) is 18.2 Å². The van der Waals surface area contributed by atoms with Crippen molar-refractivity contribution in [3.63, 3.8) is 0 Å². The number of fused-ring (bicyclic) bond motifs is 1. The number of thioether (sulfide) groups is 1. The zero-order chi connectivity index (χ0) is 12.4. The summed E-state index contributed by atoms with van der Waals surface area (Å²) in [5, 5.41) is 3.46. The maximum Gasteiger partial charge on any atom is 0.0240 e. The largest absolute Gasteiger partial charge is 0.312 e. The Labute approximate surface area is 114 Å². The molecule has 1 fully saturated rings. The van der Waals surface area contributed by atoms with E-state index in [-0.39, 0.29) is 0 Å². The van der Waals surface area contributed by atoms with Gasteiger partial charge in [-0.05, 0) is 36.6 Å². The third-order valence-electron chi connectivity index (χ3n) is 4.12. The van der Waals surface area contributed by atoms with E-state index in [1.165, 1.54) is 30.0 Å². The fraction of sp³-hybridized carbons (Fsp3) is 0.600. The summed E-state index contributed by atoms with van der Waals surface area (Å²) in [4.78, 5) is 2.65. The Bertz CT molecular complexity index is 419. The lowest BCUT2D eigenvalue weighted by Gasteiger charge is -2.34. The van der Waals surface area contributed by atoms with E-state index in [9.17, 15) is 0 Å². The molecular formula is C15H22N2S. The van der Waals surface area contributed by atoms with Gasteiger partial charge in [0.05, 0.1) is 0 Å². The first-order valence-electron chi connectivity index (χ1n) is 6.97. The number of nitrogens with one attached hydrogen (secondary N) is 1. The molecule has 1 unspecified atom stereocenters. The van der Waals surface area contributed by atoms with Gasteiger partial charge < -0.3 is 5.32 Å². The molecule has 3 heteroatoms. The van der Waals surface area contributed by atoms with E-state index in [2.05, 4.69) is 47.1 Å². The first-order valence-corrected chi connectivity index (χ1v) is 8.12. The van der Waals surface area contributed by atoms with Crippen LogP contribution in [0.4, 0.5) is 0 Å². The van der Waals surface area contributed by atoms with E-state index in [1.807, 2.05) is 0 Å². The zero-order valence-electron chi connectivity index (χ0n) is 11.1. The van der Waals surface area contributed by atoms with Crippen molar-refractivity contribution >= 4 is 11.8 Å². The van der Waals surface area contributed by atoms with Crippen molar-refractivity contribution < 1.29 is 0 Å². The molecule has 2 aliphatic heterocycles. The minimum atomic E-state index is 0.723. The first kappa shape index (κ1) is 12.5. The molecule has 2 heterocycles. The predicted octanol–water partition coefficient (Wildman–Crippen LogP) is 2.27. The molecule has 2 aliphatic rings. The lowest BCUT2D eigenvalue weighted by atomic mass is 9.95. The molecule has 1 aromatic carbocycles. The highest BCUT2D eigenvalue weighted by molar-refractivity contribution is 7.99. The minimum absolute atomic E-state index is 0.723. The molecule has 1 aromatic rings. The van der Waals surface area contributed by atoms with Crippen LogP contribution in [-0.2, 0) is 19.5 Å². The third-order valence-corrected chi connectivity index (χ3v) is 5.31. The smallest absolute Gasteiger partial charge is 0.0240 e. The summed E-state index contributed by atoms with van der Waals surface area (Å²) in [6.07, 6.45) is 1.20. The Kier molecular flexibility index (Phi) is 3.92. The van der Waals surface area contributed by atoms with Crippen LogP contribution in [-0.4, -0.2) is 35.5 Å². The monoisotopic (exact) mass is 262 g/mol. The van der Waals surface area contributed by atoms with Crippen molar-refractivity contribution in [2.24, 2.45) is 0 Å². The molecule has 0 spiro atoms. The SMILES string of the molecule is CC1CSCCN1Cc1cccc2c1CCNC2. The number of hydrogen-bond donors (Lipinski definition) is 1. The Morgan fingerprint density at radius 3 is 3.28 bits per heavy atom. The lowest BCUT2D eigenvalue weighted by molar-refractivity contribution is 0.223. The van der Waals surface area contributed by atoms with Gasteiger partial charge in [-0.15, -0.1) is 0 Å². The van der Waals surface area contributed by atoms with Crippen LogP contribution in [0.15, 0.2) is 18.2 Å². The Morgan fingerprint density at radius 1 is 1.44 bits per heavy atom. The standard InChI is InChI=1S/C15H22N2S/c1-12-11-18-8-7-17(12)10-14-4-2-3-13-9-16-6-5-15(13)14/h2-4,12,16H,5-11H2,1H3. The summed E-state index contributed by atoms with van der Waals surface area (Å²) < 4.78 is 0. The second-order valence-electron chi connectivity index (χ2n) is 5.38. The van der Waals surface area contributed by atoms with E-state index >= 15 is 0 Å². The highest BCUT2D eigenvalue weighted by Crippen LogP contribution is 2.23. The third kappa shape index (κ3) is 2.58. The Hall–Kier alpha value is -0.510. The molecular weight excluding hydrogens is 240 g/mol. The quantitative estimate of drug-likeness (QED) is 0.880. The van der Waals surface area contributed by atoms with Crippen LogP contribution >= 0.6 is 11.8 Å². The van der Waals surface area contributed by atoms with Gasteiger partial charge in [-0.3, -0.25) is 4.90 Å². The van der Waals surface area contributed by atoms with Gasteiger partial charge >= 0.3 is 0 Å². The number of benzene rings is 1. The molecule has 98 valence electrons. The van der Waals surface area contributed by atoms with Crippen LogP contribution in [0.5, 0.6) is 0 Å². The van der Waals surface area contributed by atoms with Crippen LogP contribution in [0.2, 0.25) is 0 Å². The van der Waals surface area contributed by atoms with Crippen LogP contribution in [0.25, 0.3) is 0 Å². The highest BCUT2D eigenvalue weighted by Gasteiger charge is 2.20. The number of hydrogen-bond acceptors (Lipinski definition) is 3. The normalized spacial score (nSPS) is 24.8.